The first-order valence-electron chi connectivity index (χ1n) is 6.53. The zero-order valence-corrected chi connectivity index (χ0v) is 12.1. The molecule has 0 spiro atoms. The third-order valence-electron chi connectivity index (χ3n) is 3.38. The zero-order valence-electron chi connectivity index (χ0n) is 11.3. The summed E-state index contributed by atoms with van der Waals surface area (Å²) in [5.74, 6) is 0. The van der Waals surface area contributed by atoms with Gasteiger partial charge in [-0.25, -0.2) is 4.98 Å². The van der Waals surface area contributed by atoms with E-state index in [0.29, 0.717) is 0 Å². The molecule has 4 aromatic rings. The topological polar surface area (TPSA) is 51.8 Å². The Bertz CT molecular complexity index is 898. The molecule has 0 fully saturated rings. The van der Waals surface area contributed by atoms with Crippen LogP contribution in [0.25, 0.3) is 33.5 Å². The molecule has 0 amide bonds. The molecule has 4 aromatic heterocycles. The van der Waals surface area contributed by atoms with E-state index in [9.17, 15) is 0 Å². The van der Waals surface area contributed by atoms with Gasteiger partial charge in [-0.1, -0.05) is 5.16 Å². The van der Waals surface area contributed by atoms with Crippen molar-refractivity contribution < 1.29 is 4.52 Å². The van der Waals surface area contributed by atoms with E-state index in [-0.39, 0.29) is 0 Å². The summed E-state index contributed by atoms with van der Waals surface area (Å²) in [6.45, 7) is 1.91. The summed E-state index contributed by atoms with van der Waals surface area (Å²) < 4.78 is 5.47. The van der Waals surface area contributed by atoms with Crippen LogP contribution in [-0.2, 0) is 0 Å². The number of hydrogen-bond donors (Lipinski definition) is 0. The lowest BCUT2D eigenvalue weighted by Gasteiger charge is -2.04. The minimum atomic E-state index is 0.735. The van der Waals surface area contributed by atoms with Crippen LogP contribution in [-0.4, -0.2) is 15.1 Å². The molecule has 5 heteroatoms. The SMILES string of the molecule is Cc1noc2c(-c3ccsc3)cc(-c3cccnc3)nc12. The molecule has 4 rings (SSSR count). The maximum atomic E-state index is 5.47. The van der Waals surface area contributed by atoms with Gasteiger partial charge in [0.1, 0.15) is 11.2 Å². The van der Waals surface area contributed by atoms with Crippen molar-refractivity contribution in [1.82, 2.24) is 15.1 Å². The molecule has 21 heavy (non-hydrogen) atoms. The number of rotatable bonds is 2. The van der Waals surface area contributed by atoms with Crippen molar-refractivity contribution in [3.05, 3.63) is 53.1 Å². The van der Waals surface area contributed by atoms with Gasteiger partial charge in [-0.05, 0) is 47.5 Å². The van der Waals surface area contributed by atoms with Crippen LogP contribution in [0.5, 0.6) is 0 Å². The monoisotopic (exact) mass is 293 g/mol. The zero-order chi connectivity index (χ0) is 14.2. The highest BCUT2D eigenvalue weighted by atomic mass is 32.1. The molecule has 0 atom stereocenters. The van der Waals surface area contributed by atoms with E-state index in [0.717, 1.165) is 39.2 Å². The standard InChI is InChI=1S/C16H11N3OS/c1-10-15-16(20-19-10)13(12-4-6-21-9-12)7-14(18-15)11-3-2-5-17-8-11/h2-9H,1H3. The maximum absolute atomic E-state index is 5.47. The predicted octanol–water partition coefficient (Wildman–Crippen LogP) is 4.32. The molecule has 0 aliphatic carbocycles. The lowest BCUT2D eigenvalue weighted by atomic mass is 10.0. The molecule has 0 N–H and O–H groups in total. The van der Waals surface area contributed by atoms with Gasteiger partial charge in [0, 0.05) is 23.5 Å². The second-order valence-electron chi connectivity index (χ2n) is 4.75. The first-order chi connectivity index (χ1) is 10.3. The van der Waals surface area contributed by atoms with Crippen LogP contribution >= 0.6 is 11.3 Å². The van der Waals surface area contributed by atoms with Gasteiger partial charge < -0.3 is 4.52 Å². The smallest absolute Gasteiger partial charge is 0.193 e. The molecule has 102 valence electrons. The Morgan fingerprint density at radius 2 is 2.14 bits per heavy atom. The summed E-state index contributed by atoms with van der Waals surface area (Å²) in [5.41, 5.74) is 6.33. The van der Waals surface area contributed by atoms with Crippen LogP contribution in [0.1, 0.15) is 5.69 Å². The number of pyridine rings is 2. The largest absolute Gasteiger partial charge is 0.354 e. The van der Waals surface area contributed by atoms with Gasteiger partial charge in [-0.15, -0.1) is 0 Å². The van der Waals surface area contributed by atoms with Gasteiger partial charge in [0.2, 0.25) is 0 Å². The highest BCUT2D eigenvalue weighted by Gasteiger charge is 2.15. The van der Waals surface area contributed by atoms with E-state index in [1.165, 1.54) is 0 Å². The van der Waals surface area contributed by atoms with Gasteiger partial charge in [0.25, 0.3) is 0 Å². The van der Waals surface area contributed by atoms with Crippen molar-refractivity contribution in [2.24, 2.45) is 0 Å². The number of thiophene rings is 1. The van der Waals surface area contributed by atoms with Gasteiger partial charge in [0.15, 0.2) is 5.58 Å². The Labute approximate surface area is 125 Å². The summed E-state index contributed by atoms with van der Waals surface area (Å²) >= 11 is 1.66. The van der Waals surface area contributed by atoms with Crippen LogP contribution in [0.4, 0.5) is 0 Å². The molecule has 0 bridgehead atoms. The van der Waals surface area contributed by atoms with Crippen LogP contribution in [0.15, 0.2) is 51.9 Å². The highest BCUT2D eigenvalue weighted by molar-refractivity contribution is 7.08. The molecule has 0 unspecified atom stereocenters. The maximum Gasteiger partial charge on any atom is 0.193 e. The summed E-state index contributed by atoms with van der Waals surface area (Å²) in [6.07, 6.45) is 3.57. The predicted molar refractivity (Wildman–Crippen MR) is 83.1 cm³/mol. The second-order valence-corrected chi connectivity index (χ2v) is 5.53. The number of aryl methyl sites for hydroxylation is 1. The minimum absolute atomic E-state index is 0.735. The molecule has 0 aliphatic heterocycles. The van der Waals surface area contributed by atoms with Crippen molar-refractivity contribution >= 4 is 22.4 Å². The Kier molecular flexibility index (Phi) is 2.79. The Hall–Kier alpha value is -2.53. The van der Waals surface area contributed by atoms with Crippen LogP contribution in [0, 0.1) is 6.92 Å². The minimum Gasteiger partial charge on any atom is -0.354 e. The Balaban J connectivity index is 2.04. The summed E-state index contributed by atoms with van der Waals surface area (Å²) in [5, 5.41) is 8.20. The van der Waals surface area contributed by atoms with E-state index in [1.54, 1.807) is 17.5 Å². The lowest BCUT2D eigenvalue weighted by Crippen LogP contribution is -1.88. The molecule has 0 radical (unpaired) electrons. The molecule has 0 saturated heterocycles. The normalized spacial score (nSPS) is 11.1. The summed E-state index contributed by atoms with van der Waals surface area (Å²) in [4.78, 5) is 8.85. The number of aromatic nitrogens is 3. The van der Waals surface area contributed by atoms with Crippen LogP contribution in [0.2, 0.25) is 0 Å². The number of nitrogens with zero attached hydrogens (tertiary/aromatic N) is 3. The molecule has 4 heterocycles. The fraction of sp³-hybridized carbons (Fsp3) is 0.0625. The Morgan fingerprint density at radius 3 is 2.90 bits per heavy atom. The van der Waals surface area contributed by atoms with Crippen molar-refractivity contribution in [2.75, 3.05) is 0 Å². The van der Waals surface area contributed by atoms with Gasteiger partial charge >= 0.3 is 0 Å². The van der Waals surface area contributed by atoms with Gasteiger partial charge in [-0.3, -0.25) is 4.98 Å². The quantitative estimate of drug-likeness (QED) is 0.552. The Morgan fingerprint density at radius 1 is 1.19 bits per heavy atom. The second kappa shape index (κ2) is 4.79. The fourth-order valence-corrected chi connectivity index (χ4v) is 2.98. The number of hydrogen-bond acceptors (Lipinski definition) is 5. The van der Waals surface area contributed by atoms with Crippen molar-refractivity contribution in [2.45, 2.75) is 6.92 Å². The molecule has 0 aliphatic rings. The number of fused-ring (bicyclic) bond motifs is 1. The molecule has 0 saturated carbocycles. The van der Waals surface area contributed by atoms with Crippen LogP contribution in [0.3, 0.4) is 0 Å². The van der Waals surface area contributed by atoms with Crippen molar-refractivity contribution in [1.29, 1.82) is 0 Å². The third kappa shape index (κ3) is 2.02. The van der Waals surface area contributed by atoms with Gasteiger partial charge in [0.05, 0.1) is 5.69 Å². The molecular formula is C16H11N3OS. The van der Waals surface area contributed by atoms with E-state index in [1.807, 2.05) is 31.3 Å². The summed E-state index contributed by atoms with van der Waals surface area (Å²) in [6, 6.07) is 8.02. The molecule has 4 nitrogen and oxygen atoms in total. The lowest BCUT2D eigenvalue weighted by molar-refractivity contribution is 0.451. The molecule has 0 aromatic carbocycles. The first kappa shape index (κ1) is 12.2. The van der Waals surface area contributed by atoms with Crippen molar-refractivity contribution in [3.63, 3.8) is 0 Å². The van der Waals surface area contributed by atoms with E-state index < -0.39 is 0 Å². The highest BCUT2D eigenvalue weighted by Crippen LogP contribution is 2.33. The average Bonchev–Trinajstić information content (AvgIpc) is 3.18. The summed E-state index contributed by atoms with van der Waals surface area (Å²) in [7, 11) is 0. The fourth-order valence-electron chi connectivity index (χ4n) is 2.32. The van der Waals surface area contributed by atoms with Crippen molar-refractivity contribution in [3.8, 4) is 22.4 Å². The average molecular weight is 293 g/mol. The van der Waals surface area contributed by atoms with Gasteiger partial charge in [-0.2, -0.15) is 11.3 Å². The molecular weight excluding hydrogens is 282 g/mol. The van der Waals surface area contributed by atoms with E-state index in [4.69, 9.17) is 4.52 Å². The first-order valence-corrected chi connectivity index (χ1v) is 7.47. The van der Waals surface area contributed by atoms with E-state index in [2.05, 4.69) is 32.0 Å². The van der Waals surface area contributed by atoms with E-state index >= 15 is 0 Å². The van der Waals surface area contributed by atoms with Crippen LogP contribution < -0.4 is 0 Å². The third-order valence-corrected chi connectivity index (χ3v) is 4.06.